The van der Waals surface area contributed by atoms with Gasteiger partial charge in [0.25, 0.3) is 5.91 Å². The van der Waals surface area contributed by atoms with E-state index < -0.39 is 11.9 Å². The number of carboxylic acid groups (broad SMARTS) is 2. The van der Waals surface area contributed by atoms with Crippen molar-refractivity contribution in [2.75, 3.05) is 40.4 Å². The van der Waals surface area contributed by atoms with Crippen molar-refractivity contribution in [3.05, 3.63) is 71.8 Å². The third-order valence-electron chi connectivity index (χ3n) is 5.76. The molecule has 3 aromatic rings. The average molecular weight is 481 g/mol. The molecule has 0 bridgehead atoms. The van der Waals surface area contributed by atoms with Gasteiger partial charge in [-0.3, -0.25) is 9.69 Å². The molecule has 1 saturated heterocycles. The van der Waals surface area contributed by atoms with Crippen molar-refractivity contribution in [3.63, 3.8) is 0 Å². The van der Waals surface area contributed by atoms with Crippen LogP contribution in [0.5, 0.6) is 11.5 Å². The molecule has 1 aliphatic rings. The van der Waals surface area contributed by atoms with E-state index >= 15 is 0 Å². The quantitative estimate of drug-likeness (QED) is 0.536. The van der Waals surface area contributed by atoms with Crippen LogP contribution in [0.4, 0.5) is 0 Å². The molecule has 35 heavy (non-hydrogen) atoms. The average Bonchev–Trinajstić information content (AvgIpc) is 2.88. The zero-order valence-corrected chi connectivity index (χ0v) is 19.6. The molecule has 184 valence electrons. The van der Waals surface area contributed by atoms with Crippen LogP contribution in [0.15, 0.2) is 60.7 Å². The fraction of sp³-hybridized carbons (Fsp3) is 0.269. The van der Waals surface area contributed by atoms with Crippen molar-refractivity contribution in [1.82, 2.24) is 9.80 Å². The summed E-state index contributed by atoms with van der Waals surface area (Å²) < 4.78 is 10.8. The van der Waals surface area contributed by atoms with Gasteiger partial charge in [-0.1, -0.05) is 48.5 Å². The van der Waals surface area contributed by atoms with E-state index in [4.69, 9.17) is 29.3 Å². The molecule has 1 fully saturated rings. The highest BCUT2D eigenvalue weighted by Crippen LogP contribution is 2.30. The van der Waals surface area contributed by atoms with Crippen LogP contribution in [0.3, 0.4) is 0 Å². The van der Waals surface area contributed by atoms with Crippen LogP contribution in [0.25, 0.3) is 10.8 Å². The van der Waals surface area contributed by atoms with Crippen LogP contribution >= 0.6 is 0 Å². The molecule has 0 atom stereocenters. The van der Waals surface area contributed by atoms with Crippen molar-refractivity contribution in [1.29, 1.82) is 0 Å². The summed E-state index contributed by atoms with van der Waals surface area (Å²) in [7, 11) is 3.15. The molecule has 3 aromatic carbocycles. The Morgan fingerprint density at radius 1 is 0.771 bits per heavy atom. The second-order valence-electron chi connectivity index (χ2n) is 7.85. The molecule has 0 aliphatic carbocycles. The second-order valence-corrected chi connectivity index (χ2v) is 7.85. The lowest BCUT2D eigenvalue weighted by Gasteiger charge is -2.35. The number of rotatable bonds is 5. The Kier molecular flexibility index (Phi) is 8.63. The zero-order chi connectivity index (χ0) is 25.4. The predicted octanol–water partition coefficient (Wildman–Crippen LogP) is 2.97. The lowest BCUT2D eigenvalue weighted by atomic mass is 10.0. The summed E-state index contributed by atoms with van der Waals surface area (Å²) in [5, 5.41) is 17.3. The van der Waals surface area contributed by atoms with Gasteiger partial charge < -0.3 is 24.6 Å². The SMILES string of the molecule is COc1cccc(OC)c1C(=O)N1CCN(Cc2cccc3ccccc23)CC1.O=C(O)C(=O)O. The first-order valence-electron chi connectivity index (χ1n) is 11.0. The van der Waals surface area contributed by atoms with E-state index in [2.05, 4.69) is 47.4 Å². The van der Waals surface area contributed by atoms with E-state index in [0.717, 1.165) is 19.6 Å². The van der Waals surface area contributed by atoms with Gasteiger partial charge in [0, 0.05) is 32.7 Å². The monoisotopic (exact) mass is 480 g/mol. The molecule has 0 spiro atoms. The molecule has 0 unspecified atom stereocenters. The maximum Gasteiger partial charge on any atom is 0.414 e. The Labute approximate surface area is 203 Å². The smallest absolute Gasteiger partial charge is 0.414 e. The van der Waals surface area contributed by atoms with Gasteiger partial charge in [-0.2, -0.15) is 0 Å². The maximum absolute atomic E-state index is 13.1. The van der Waals surface area contributed by atoms with Crippen LogP contribution in [-0.2, 0) is 16.1 Å². The molecular weight excluding hydrogens is 452 g/mol. The number of piperazine rings is 1. The third kappa shape index (κ3) is 6.27. The second kappa shape index (κ2) is 11.8. The minimum atomic E-state index is -1.82. The normalized spacial score (nSPS) is 13.5. The number of amides is 1. The van der Waals surface area contributed by atoms with Gasteiger partial charge in [-0.05, 0) is 28.5 Å². The van der Waals surface area contributed by atoms with Crippen molar-refractivity contribution in [3.8, 4) is 11.5 Å². The van der Waals surface area contributed by atoms with Crippen molar-refractivity contribution < 1.29 is 34.1 Å². The van der Waals surface area contributed by atoms with Crippen LogP contribution in [0, 0.1) is 0 Å². The number of aliphatic carboxylic acids is 2. The molecule has 1 amide bonds. The Morgan fingerprint density at radius 2 is 1.31 bits per heavy atom. The van der Waals surface area contributed by atoms with E-state index in [0.29, 0.717) is 30.2 Å². The highest BCUT2D eigenvalue weighted by molar-refractivity contribution is 6.27. The van der Waals surface area contributed by atoms with Crippen LogP contribution in [0.2, 0.25) is 0 Å². The number of carbonyl (C=O) groups is 3. The summed E-state index contributed by atoms with van der Waals surface area (Å²) in [6.45, 7) is 3.94. The van der Waals surface area contributed by atoms with Gasteiger partial charge in [-0.25, -0.2) is 9.59 Å². The molecule has 0 aromatic heterocycles. The number of benzene rings is 3. The van der Waals surface area contributed by atoms with Crippen LogP contribution in [-0.4, -0.2) is 78.3 Å². The van der Waals surface area contributed by atoms with E-state index in [1.165, 1.54) is 16.3 Å². The Bertz CT molecular complexity index is 1160. The summed E-state index contributed by atoms with van der Waals surface area (Å²) >= 11 is 0. The van der Waals surface area contributed by atoms with E-state index in [1.54, 1.807) is 26.4 Å². The number of hydrogen-bond acceptors (Lipinski definition) is 6. The summed E-state index contributed by atoms with van der Waals surface area (Å²) in [6.07, 6.45) is 0. The van der Waals surface area contributed by atoms with E-state index in [1.807, 2.05) is 11.0 Å². The highest BCUT2D eigenvalue weighted by atomic mass is 16.5. The number of hydrogen-bond donors (Lipinski definition) is 2. The lowest BCUT2D eigenvalue weighted by molar-refractivity contribution is -0.159. The largest absolute Gasteiger partial charge is 0.496 e. The van der Waals surface area contributed by atoms with Crippen LogP contribution < -0.4 is 9.47 Å². The van der Waals surface area contributed by atoms with E-state index in [-0.39, 0.29) is 5.91 Å². The Hall–Kier alpha value is -4.11. The molecule has 9 nitrogen and oxygen atoms in total. The summed E-state index contributed by atoms with van der Waals surface area (Å²) in [5.41, 5.74) is 1.83. The molecule has 4 rings (SSSR count). The summed E-state index contributed by atoms with van der Waals surface area (Å²) in [4.78, 5) is 35.6. The molecular formula is C26H28N2O7. The van der Waals surface area contributed by atoms with Gasteiger partial charge in [-0.15, -0.1) is 0 Å². The molecule has 0 saturated carbocycles. The first-order chi connectivity index (χ1) is 16.8. The van der Waals surface area contributed by atoms with Crippen molar-refractivity contribution in [2.45, 2.75) is 6.54 Å². The number of carbonyl (C=O) groups excluding carboxylic acids is 1. The molecule has 9 heteroatoms. The van der Waals surface area contributed by atoms with Gasteiger partial charge in [0.2, 0.25) is 0 Å². The third-order valence-corrected chi connectivity index (χ3v) is 5.76. The van der Waals surface area contributed by atoms with Crippen LogP contribution in [0.1, 0.15) is 15.9 Å². The number of fused-ring (bicyclic) bond motifs is 1. The van der Waals surface area contributed by atoms with Crippen molar-refractivity contribution >= 4 is 28.6 Å². The first-order valence-corrected chi connectivity index (χ1v) is 11.0. The Balaban J connectivity index is 0.000000509. The predicted molar refractivity (Wildman–Crippen MR) is 130 cm³/mol. The topological polar surface area (TPSA) is 117 Å². The van der Waals surface area contributed by atoms with Gasteiger partial charge in [0.1, 0.15) is 17.1 Å². The highest BCUT2D eigenvalue weighted by Gasteiger charge is 2.27. The Morgan fingerprint density at radius 3 is 1.89 bits per heavy atom. The molecule has 0 radical (unpaired) electrons. The molecule has 2 N–H and O–H groups in total. The minimum Gasteiger partial charge on any atom is -0.496 e. The lowest BCUT2D eigenvalue weighted by Crippen LogP contribution is -2.48. The maximum atomic E-state index is 13.1. The minimum absolute atomic E-state index is 0.0379. The molecule has 1 aliphatic heterocycles. The summed E-state index contributed by atoms with van der Waals surface area (Å²) in [6, 6.07) is 20.4. The van der Waals surface area contributed by atoms with Crippen molar-refractivity contribution in [2.24, 2.45) is 0 Å². The summed E-state index contributed by atoms with van der Waals surface area (Å²) in [5.74, 6) is -2.59. The van der Waals surface area contributed by atoms with Gasteiger partial charge in [0.15, 0.2) is 0 Å². The number of methoxy groups -OCH3 is 2. The number of carboxylic acids is 2. The van der Waals surface area contributed by atoms with Gasteiger partial charge >= 0.3 is 11.9 Å². The molecule has 1 heterocycles. The first kappa shape index (κ1) is 25.5. The van der Waals surface area contributed by atoms with E-state index in [9.17, 15) is 4.79 Å². The zero-order valence-electron chi connectivity index (χ0n) is 19.6. The number of ether oxygens (including phenoxy) is 2. The fourth-order valence-corrected chi connectivity index (χ4v) is 4.00. The standard InChI is InChI=1S/C24H26N2O3.C2H2O4/c1-28-21-11-6-12-22(29-2)23(21)24(27)26-15-13-25(14-16-26)17-19-9-5-8-18-7-3-4-10-20(18)19;3-1(4)2(5)6/h3-12H,13-17H2,1-2H3;(H,3,4)(H,5,6). The fourth-order valence-electron chi connectivity index (χ4n) is 4.00. The van der Waals surface area contributed by atoms with Gasteiger partial charge in [0.05, 0.1) is 14.2 Å². The number of nitrogens with zero attached hydrogens (tertiary/aromatic N) is 2.